The minimum absolute atomic E-state index is 0.0769. The van der Waals surface area contributed by atoms with Crippen molar-refractivity contribution in [2.45, 2.75) is 361 Å². The maximum Gasteiger partial charge on any atom is 0.306 e. The molecule has 6 nitrogen and oxygen atoms in total. The molecule has 0 radical (unpaired) electrons. The van der Waals surface area contributed by atoms with Crippen molar-refractivity contribution in [3.05, 3.63) is 85.1 Å². The van der Waals surface area contributed by atoms with Crippen LogP contribution in [0.4, 0.5) is 0 Å². The lowest BCUT2D eigenvalue weighted by atomic mass is 10.0. The molecule has 0 saturated carbocycles. The van der Waals surface area contributed by atoms with Crippen molar-refractivity contribution in [3.63, 3.8) is 0 Å². The Labute approximate surface area is 503 Å². The van der Waals surface area contributed by atoms with Gasteiger partial charge in [0.15, 0.2) is 6.10 Å². The summed E-state index contributed by atoms with van der Waals surface area (Å²) < 4.78 is 17.0. The number of rotatable bonds is 64. The summed E-state index contributed by atoms with van der Waals surface area (Å²) >= 11 is 0. The van der Waals surface area contributed by atoms with Gasteiger partial charge in [-0.3, -0.25) is 14.4 Å². The molecule has 6 heteroatoms. The van der Waals surface area contributed by atoms with Crippen LogP contribution < -0.4 is 0 Å². The zero-order valence-corrected chi connectivity index (χ0v) is 53.8. The molecule has 1 unspecified atom stereocenters. The van der Waals surface area contributed by atoms with Crippen LogP contribution in [-0.4, -0.2) is 37.2 Å². The van der Waals surface area contributed by atoms with Gasteiger partial charge in [0.05, 0.1) is 0 Å². The Morgan fingerprint density at radius 2 is 0.481 bits per heavy atom. The van der Waals surface area contributed by atoms with Crippen molar-refractivity contribution < 1.29 is 28.6 Å². The lowest BCUT2D eigenvalue weighted by Gasteiger charge is -2.18. The molecule has 0 bridgehead atoms. The monoisotopic (exact) mass is 1130 g/mol. The van der Waals surface area contributed by atoms with Gasteiger partial charge in [-0.2, -0.15) is 0 Å². The SMILES string of the molecule is CC/C=C\C/C=C\C/C=C\C/C=C\CCCCCCCCCCCCCCCCCCC(=O)OCC(COC(=O)CCCCCCCCCCCCCCCCC)OC(=O)CCCCCCCC/C=C\C/C=C\C/C=C\CCCCC. The molecule has 0 aromatic rings. The Balaban J connectivity index is 4.27. The van der Waals surface area contributed by atoms with Crippen LogP contribution in [0.25, 0.3) is 0 Å². The van der Waals surface area contributed by atoms with E-state index < -0.39 is 6.10 Å². The smallest absolute Gasteiger partial charge is 0.306 e. The van der Waals surface area contributed by atoms with E-state index in [1.54, 1.807) is 0 Å². The number of carbonyl (C=O) groups is 3. The summed E-state index contributed by atoms with van der Waals surface area (Å²) in [5, 5.41) is 0. The molecule has 0 aromatic carbocycles. The molecule has 0 spiro atoms. The maximum atomic E-state index is 12.9. The first-order valence-electron chi connectivity index (χ1n) is 35.1. The third-order valence-corrected chi connectivity index (χ3v) is 15.4. The van der Waals surface area contributed by atoms with Gasteiger partial charge in [-0.05, 0) is 96.3 Å². The highest BCUT2D eigenvalue weighted by atomic mass is 16.6. The summed E-state index contributed by atoms with van der Waals surface area (Å²) in [6.45, 7) is 6.54. The van der Waals surface area contributed by atoms with E-state index in [0.29, 0.717) is 19.3 Å². The number of carbonyl (C=O) groups excluding carboxylic acids is 3. The van der Waals surface area contributed by atoms with E-state index in [4.69, 9.17) is 14.2 Å². The van der Waals surface area contributed by atoms with Crippen LogP contribution in [0.2, 0.25) is 0 Å². The lowest BCUT2D eigenvalue weighted by Crippen LogP contribution is -2.30. The first-order chi connectivity index (χ1) is 40.0. The van der Waals surface area contributed by atoms with Gasteiger partial charge < -0.3 is 14.2 Å². The molecule has 1 atom stereocenters. The van der Waals surface area contributed by atoms with Crippen LogP contribution in [0.3, 0.4) is 0 Å². The van der Waals surface area contributed by atoms with Crippen LogP contribution in [0.5, 0.6) is 0 Å². The van der Waals surface area contributed by atoms with Gasteiger partial charge in [0.25, 0.3) is 0 Å². The summed E-state index contributed by atoms with van der Waals surface area (Å²) in [4.78, 5) is 38.4. The summed E-state index contributed by atoms with van der Waals surface area (Å²) in [6, 6.07) is 0. The van der Waals surface area contributed by atoms with Crippen LogP contribution in [0.1, 0.15) is 355 Å². The van der Waals surface area contributed by atoms with E-state index in [2.05, 4.69) is 106 Å². The number of unbranched alkanes of at least 4 members (excludes halogenated alkanes) is 39. The predicted octanol–water partition coefficient (Wildman–Crippen LogP) is 24.2. The first kappa shape index (κ1) is 77.6. The quantitative estimate of drug-likeness (QED) is 0.0261. The van der Waals surface area contributed by atoms with Crippen LogP contribution in [-0.2, 0) is 28.6 Å². The number of esters is 3. The Morgan fingerprint density at radius 1 is 0.259 bits per heavy atom. The zero-order valence-electron chi connectivity index (χ0n) is 53.8. The molecular weight excluding hydrogens is 997 g/mol. The van der Waals surface area contributed by atoms with Gasteiger partial charge in [0, 0.05) is 19.3 Å². The van der Waals surface area contributed by atoms with Crippen molar-refractivity contribution in [2.75, 3.05) is 13.2 Å². The molecule has 0 rings (SSSR count). The lowest BCUT2D eigenvalue weighted by molar-refractivity contribution is -0.167. The summed E-state index contributed by atoms with van der Waals surface area (Å²) in [6.07, 6.45) is 91.7. The fourth-order valence-electron chi connectivity index (χ4n) is 10.2. The van der Waals surface area contributed by atoms with Crippen molar-refractivity contribution in [1.29, 1.82) is 0 Å². The fourth-order valence-corrected chi connectivity index (χ4v) is 10.2. The molecule has 468 valence electrons. The molecular formula is C75H132O6. The standard InChI is InChI=1S/C75H132O6/c1-4-7-10-13-16-19-22-25-28-30-32-33-34-35-36-37-38-39-40-41-43-44-47-50-53-56-59-62-65-68-74(77)80-71-72(70-79-73(76)67-64-61-58-55-52-49-46-27-24-21-18-15-12-9-6-3)81-75(78)69-66-63-60-57-54-51-48-45-42-31-29-26-23-20-17-14-11-8-5-2/h7,10,16-17,19-20,25-26,28-29,32-33,42,45,72H,4-6,8-9,11-15,18,21-24,27,30-31,34-41,43-44,46-71H2,1-3H3/b10-7-,19-16-,20-17-,28-25-,29-26-,33-32-,45-42-. The normalized spacial score (nSPS) is 12.6. The number of hydrogen-bond acceptors (Lipinski definition) is 6. The Morgan fingerprint density at radius 3 is 0.778 bits per heavy atom. The van der Waals surface area contributed by atoms with Gasteiger partial charge >= 0.3 is 17.9 Å². The first-order valence-corrected chi connectivity index (χ1v) is 35.1. The van der Waals surface area contributed by atoms with Crippen LogP contribution in [0, 0.1) is 0 Å². The van der Waals surface area contributed by atoms with E-state index >= 15 is 0 Å². The summed E-state index contributed by atoms with van der Waals surface area (Å²) in [5.74, 6) is -0.869. The van der Waals surface area contributed by atoms with Gasteiger partial charge in [0.1, 0.15) is 13.2 Å². The van der Waals surface area contributed by atoms with Crippen LogP contribution >= 0.6 is 0 Å². The summed E-state index contributed by atoms with van der Waals surface area (Å²) in [7, 11) is 0. The average Bonchev–Trinajstić information content (AvgIpc) is 3.47. The molecule has 0 aliphatic carbocycles. The molecule has 0 N–H and O–H groups in total. The molecule has 0 aliphatic heterocycles. The molecule has 0 aliphatic rings. The van der Waals surface area contributed by atoms with E-state index in [1.165, 1.54) is 205 Å². The average molecular weight is 1130 g/mol. The third kappa shape index (κ3) is 67.3. The molecule has 0 heterocycles. The summed E-state index contributed by atoms with van der Waals surface area (Å²) in [5.41, 5.74) is 0. The van der Waals surface area contributed by atoms with Crippen LogP contribution in [0.15, 0.2) is 85.1 Å². The second-order valence-electron chi connectivity index (χ2n) is 23.4. The zero-order chi connectivity index (χ0) is 58.5. The van der Waals surface area contributed by atoms with Crippen molar-refractivity contribution in [3.8, 4) is 0 Å². The van der Waals surface area contributed by atoms with E-state index in [0.717, 1.165) is 109 Å². The second kappa shape index (κ2) is 69.1. The Kier molecular flexibility index (Phi) is 66.2. The molecule has 0 aromatic heterocycles. The number of ether oxygens (including phenoxy) is 3. The van der Waals surface area contributed by atoms with E-state index in [-0.39, 0.29) is 31.1 Å². The Bertz CT molecular complexity index is 1530. The highest BCUT2D eigenvalue weighted by Gasteiger charge is 2.19. The molecule has 0 fully saturated rings. The van der Waals surface area contributed by atoms with Gasteiger partial charge in [-0.25, -0.2) is 0 Å². The molecule has 0 amide bonds. The minimum atomic E-state index is -0.782. The maximum absolute atomic E-state index is 12.9. The molecule has 81 heavy (non-hydrogen) atoms. The van der Waals surface area contributed by atoms with Crippen molar-refractivity contribution >= 4 is 17.9 Å². The molecule has 0 saturated heterocycles. The van der Waals surface area contributed by atoms with E-state index in [1.807, 2.05) is 0 Å². The third-order valence-electron chi connectivity index (χ3n) is 15.4. The van der Waals surface area contributed by atoms with Gasteiger partial charge in [-0.1, -0.05) is 324 Å². The van der Waals surface area contributed by atoms with E-state index in [9.17, 15) is 14.4 Å². The van der Waals surface area contributed by atoms with Crippen molar-refractivity contribution in [1.82, 2.24) is 0 Å². The van der Waals surface area contributed by atoms with Gasteiger partial charge in [-0.15, -0.1) is 0 Å². The van der Waals surface area contributed by atoms with Crippen molar-refractivity contribution in [2.24, 2.45) is 0 Å². The van der Waals surface area contributed by atoms with Gasteiger partial charge in [0.2, 0.25) is 0 Å². The minimum Gasteiger partial charge on any atom is -0.462 e. The highest BCUT2D eigenvalue weighted by Crippen LogP contribution is 2.18. The predicted molar refractivity (Wildman–Crippen MR) is 353 cm³/mol. The topological polar surface area (TPSA) is 78.9 Å². The largest absolute Gasteiger partial charge is 0.462 e. The number of allylic oxidation sites excluding steroid dienone is 14. The highest BCUT2D eigenvalue weighted by molar-refractivity contribution is 5.71. The fraction of sp³-hybridized carbons (Fsp3) is 0.773. The number of hydrogen-bond donors (Lipinski definition) is 0. The second-order valence-corrected chi connectivity index (χ2v) is 23.4. The Hall–Kier alpha value is -3.41.